The van der Waals surface area contributed by atoms with Gasteiger partial charge in [-0.2, -0.15) is 0 Å². The molecule has 2 heterocycles. The molecule has 24 heavy (non-hydrogen) atoms. The van der Waals surface area contributed by atoms with Gasteiger partial charge in [-0.15, -0.1) is 0 Å². The first kappa shape index (κ1) is 15.6. The molecule has 4 nitrogen and oxygen atoms in total. The van der Waals surface area contributed by atoms with Gasteiger partial charge in [0.25, 0.3) is 5.56 Å². The quantitative estimate of drug-likeness (QED) is 0.941. The van der Waals surface area contributed by atoms with Crippen molar-refractivity contribution in [2.24, 2.45) is 5.92 Å². The molecular formula is C20H25N3O. The molecule has 1 aromatic carbocycles. The van der Waals surface area contributed by atoms with Gasteiger partial charge in [0, 0.05) is 31.6 Å². The highest BCUT2D eigenvalue weighted by Crippen LogP contribution is 2.31. The van der Waals surface area contributed by atoms with Crippen molar-refractivity contribution >= 4 is 0 Å². The van der Waals surface area contributed by atoms with E-state index in [4.69, 9.17) is 4.98 Å². The van der Waals surface area contributed by atoms with E-state index in [9.17, 15) is 4.79 Å². The minimum absolute atomic E-state index is 0.0849. The Kier molecular flexibility index (Phi) is 4.01. The third-order valence-electron chi connectivity index (χ3n) is 5.07. The first-order valence-electron chi connectivity index (χ1n) is 8.97. The molecule has 1 aromatic heterocycles. The van der Waals surface area contributed by atoms with Crippen molar-refractivity contribution < 1.29 is 0 Å². The topological polar surface area (TPSA) is 49.0 Å². The number of aromatic nitrogens is 2. The van der Waals surface area contributed by atoms with Crippen LogP contribution in [0.15, 0.2) is 23.0 Å². The number of rotatable bonds is 4. The molecule has 2 aromatic rings. The van der Waals surface area contributed by atoms with Crippen molar-refractivity contribution in [2.45, 2.75) is 52.6 Å². The summed E-state index contributed by atoms with van der Waals surface area (Å²) in [4.78, 5) is 22.5. The van der Waals surface area contributed by atoms with Crippen molar-refractivity contribution in [3.63, 3.8) is 0 Å². The maximum atomic E-state index is 12.3. The Morgan fingerprint density at radius 2 is 1.96 bits per heavy atom. The molecule has 0 unspecified atom stereocenters. The molecule has 2 aliphatic rings. The molecule has 1 aliphatic carbocycles. The van der Waals surface area contributed by atoms with Crippen LogP contribution in [0.2, 0.25) is 0 Å². The number of hydrogen-bond donors (Lipinski definition) is 1. The van der Waals surface area contributed by atoms with Crippen molar-refractivity contribution in [2.75, 3.05) is 6.54 Å². The van der Waals surface area contributed by atoms with E-state index in [1.54, 1.807) is 0 Å². The maximum absolute atomic E-state index is 12.3. The monoisotopic (exact) mass is 323 g/mol. The smallest absolute Gasteiger partial charge is 0.254 e. The summed E-state index contributed by atoms with van der Waals surface area (Å²) >= 11 is 0. The SMILES string of the molecule is Cc1cc(C)cc(CN2CCc3c(nc(CC4CC4)[nH]c3=O)C2)c1. The predicted molar refractivity (Wildman–Crippen MR) is 95.0 cm³/mol. The fourth-order valence-electron chi connectivity index (χ4n) is 3.79. The molecule has 4 heteroatoms. The van der Waals surface area contributed by atoms with E-state index < -0.39 is 0 Å². The molecule has 0 spiro atoms. The summed E-state index contributed by atoms with van der Waals surface area (Å²) in [5.74, 6) is 1.62. The number of hydrogen-bond acceptors (Lipinski definition) is 3. The predicted octanol–water partition coefficient (Wildman–Crippen LogP) is 2.90. The summed E-state index contributed by atoms with van der Waals surface area (Å²) in [6, 6.07) is 6.72. The lowest BCUT2D eigenvalue weighted by atomic mass is 10.0. The number of nitrogens with one attached hydrogen (secondary N) is 1. The average Bonchev–Trinajstić information content (AvgIpc) is 3.29. The van der Waals surface area contributed by atoms with Crippen LogP contribution in [0.25, 0.3) is 0 Å². The van der Waals surface area contributed by atoms with Crippen LogP contribution in [-0.4, -0.2) is 21.4 Å². The van der Waals surface area contributed by atoms with Crippen LogP contribution < -0.4 is 5.56 Å². The Balaban J connectivity index is 1.53. The highest BCUT2D eigenvalue weighted by molar-refractivity contribution is 5.29. The van der Waals surface area contributed by atoms with Gasteiger partial charge in [0.15, 0.2) is 0 Å². The van der Waals surface area contributed by atoms with Crippen molar-refractivity contribution in [3.8, 4) is 0 Å². The van der Waals surface area contributed by atoms with E-state index in [1.165, 1.54) is 29.5 Å². The number of benzene rings is 1. The van der Waals surface area contributed by atoms with Crippen LogP contribution >= 0.6 is 0 Å². The second kappa shape index (κ2) is 6.17. The normalized spacial score (nSPS) is 17.8. The second-order valence-corrected chi connectivity index (χ2v) is 7.54. The highest BCUT2D eigenvalue weighted by Gasteiger charge is 2.25. The number of aromatic amines is 1. The van der Waals surface area contributed by atoms with E-state index in [0.29, 0.717) is 0 Å². The lowest BCUT2D eigenvalue weighted by molar-refractivity contribution is 0.240. The second-order valence-electron chi connectivity index (χ2n) is 7.54. The third-order valence-corrected chi connectivity index (χ3v) is 5.07. The molecule has 0 bridgehead atoms. The molecular weight excluding hydrogens is 298 g/mol. The van der Waals surface area contributed by atoms with Gasteiger partial charge < -0.3 is 4.98 Å². The Labute approximate surface area is 142 Å². The maximum Gasteiger partial charge on any atom is 0.254 e. The van der Waals surface area contributed by atoms with E-state index in [1.807, 2.05) is 0 Å². The molecule has 0 saturated heterocycles. The first-order valence-corrected chi connectivity index (χ1v) is 8.97. The summed E-state index contributed by atoms with van der Waals surface area (Å²) < 4.78 is 0. The summed E-state index contributed by atoms with van der Waals surface area (Å²) in [5, 5.41) is 0. The molecule has 1 N–H and O–H groups in total. The van der Waals surface area contributed by atoms with Crippen LogP contribution in [0.5, 0.6) is 0 Å². The van der Waals surface area contributed by atoms with Crippen molar-refractivity contribution in [3.05, 3.63) is 62.3 Å². The zero-order valence-corrected chi connectivity index (χ0v) is 14.6. The highest BCUT2D eigenvalue weighted by atomic mass is 16.1. The Hall–Kier alpha value is -1.94. The zero-order valence-electron chi connectivity index (χ0n) is 14.6. The van der Waals surface area contributed by atoms with Crippen LogP contribution in [0.1, 0.15) is 46.6 Å². The summed E-state index contributed by atoms with van der Waals surface area (Å²) in [7, 11) is 0. The molecule has 1 fully saturated rings. The van der Waals surface area contributed by atoms with Crippen LogP contribution in [0.3, 0.4) is 0 Å². The van der Waals surface area contributed by atoms with Gasteiger partial charge in [0.1, 0.15) is 5.82 Å². The minimum Gasteiger partial charge on any atom is -0.310 e. The summed E-state index contributed by atoms with van der Waals surface area (Å²) in [5.41, 5.74) is 5.93. The van der Waals surface area contributed by atoms with Gasteiger partial charge in [-0.05, 0) is 44.6 Å². The van der Waals surface area contributed by atoms with Crippen molar-refractivity contribution in [1.82, 2.24) is 14.9 Å². The molecule has 0 radical (unpaired) electrons. The Bertz CT molecular complexity index is 800. The number of H-pyrrole nitrogens is 1. The van der Waals surface area contributed by atoms with Crippen LogP contribution in [0, 0.1) is 19.8 Å². The fourth-order valence-corrected chi connectivity index (χ4v) is 3.79. The Morgan fingerprint density at radius 3 is 2.67 bits per heavy atom. The molecule has 0 atom stereocenters. The lowest BCUT2D eigenvalue weighted by Gasteiger charge is -2.28. The lowest BCUT2D eigenvalue weighted by Crippen LogP contribution is -2.35. The van der Waals surface area contributed by atoms with E-state index in [2.05, 4.69) is 41.9 Å². The largest absolute Gasteiger partial charge is 0.310 e. The molecule has 126 valence electrons. The van der Waals surface area contributed by atoms with Crippen molar-refractivity contribution in [1.29, 1.82) is 0 Å². The van der Waals surface area contributed by atoms with Crippen LogP contribution in [-0.2, 0) is 25.9 Å². The zero-order chi connectivity index (χ0) is 16.7. The van der Waals surface area contributed by atoms with Gasteiger partial charge in [-0.3, -0.25) is 9.69 Å². The average molecular weight is 323 g/mol. The van der Waals surface area contributed by atoms with Crippen LogP contribution in [0.4, 0.5) is 0 Å². The molecule has 1 saturated carbocycles. The third kappa shape index (κ3) is 3.44. The molecule has 4 rings (SSSR count). The summed E-state index contributed by atoms with van der Waals surface area (Å²) in [6.07, 6.45) is 4.28. The van der Waals surface area contributed by atoms with Gasteiger partial charge in [-0.25, -0.2) is 4.98 Å². The minimum atomic E-state index is 0.0849. The van der Waals surface area contributed by atoms with Gasteiger partial charge in [0.2, 0.25) is 0 Å². The van der Waals surface area contributed by atoms with E-state index in [-0.39, 0.29) is 5.56 Å². The van der Waals surface area contributed by atoms with E-state index >= 15 is 0 Å². The number of fused-ring (bicyclic) bond motifs is 1. The number of aryl methyl sites for hydroxylation is 2. The fraction of sp³-hybridized carbons (Fsp3) is 0.500. The molecule has 1 aliphatic heterocycles. The van der Waals surface area contributed by atoms with Gasteiger partial charge in [0.05, 0.1) is 5.69 Å². The number of nitrogens with zero attached hydrogens (tertiary/aromatic N) is 2. The first-order chi connectivity index (χ1) is 11.6. The summed E-state index contributed by atoms with van der Waals surface area (Å²) in [6.45, 7) is 6.92. The van der Waals surface area contributed by atoms with E-state index in [0.717, 1.165) is 55.5 Å². The standard InChI is InChI=1S/C20H25N3O/c1-13-7-14(2)9-16(8-13)11-23-6-5-17-18(12-23)21-19(22-20(17)24)10-15-3-4-15/h7-9,15H,3-6,10-12H2,1-2H3,(H,21,22,24). The van der Waals surface area contributed by atoms with Gasteiger partial charge >= 0.3 is 0 Å². The van der Waals surface area contributed by atoms with Gasteiger partial charge in [-0.1, -0.05) is 29.3 Å². The Morgan fingerprint density at radius 1 is 1.21 bits per heavy atom. The molecule has 0 amide bonds.